The Balaban J connectivity index is 2.37. The monoisotopic (exact) mass is 242 g/mol. The molecule has 0 aromatic carbocycles. The minimum absolute atomic E-state index is 0.0435. The summed E-state index contributed by atoms with van der Waals surface area (Å²) < 4.78 is 0. The maximum absolute atomic E-state index is 11.4. The zero-order valence-electron chi connectivity index (χ0n) is 9.78. The van der Waals surface area contributed by atoms with E-state index < -0.39 is 0 Å². The number of unbranched alkanes of at least 4 members (excludes halogenated alkanes) is 1. The molecule has 1 heterocycles. The lowest BCUT2D eigenvalue weighted by atomic mass is 10.2. The highest BCUT2D eigenvalue weighted by atomic mass is 32.2. The molecule has 0 fully saturated rings. The molecular weight excluding hydrogens is 224 g/mol. The first-order valence-electron chi connectivity index (χ1n) is 5.76. The van der Waals surface area contributed by atoms with Crippen molar-refractivity contribution in [3.63, 3.8) is 0 Å². The van der Waals surface area contributed by atoms with Gasteiger partial charge in [-0.25, -0.2) is 0 Å². The van der Waals surface area contributed by atoms with E-state index in [9.17, 15) is 9.59 Å². The van der Waals surface area contributed by atoms with Crippen LogP contribution in [0.1, 0.15) is 46.0 Å². The second-order valence-corrected chi connectivity index (χ2v) is 4.99. The van der Waals surface area contributed by atoms with Gasteiger partial charge in [-0.2, -0.15) is 4.99 Å². The molecular formula is C11H18N2O2S. The molecule has 0 spiro atoms. The van der Waals surface area contributed by atoms with Gasteiger partial charge >= 0.3 is 0 Å². The number of amides is 2. The molecule has 90 valence electrons. The molecule has 1 aliphatic heterocycles. The number of thioether (sulfide) groups is 1. The Morgan fingerprint density at radius 1 is 1.44 bits per heavy atom. The zero-order valence-corrected chi connectivity index (χ0v) is 10.6. The van der Waals surface area contributed by atoms with E-state index >= 15 is 0 Å². The predicted octanol–water partition coefficient (Wildman–Crippen LogP) is 2.09. The average Bonchev–Trinajstić information content (AvgIpc) is 2.57. The first-order chi connectivity index (χ1) is 7.67. The van der Waals surface area contributed by atoms with Crippen LogP contribution in [0.3, 0.4) is 0 Å². The van der Waals surface area contributed by atoms with E-state index in [2.05, 4.69) is 10.3 Å². The first kappa shape index (κ1) is 13.2. The molecule has 0 bridgehead atoms. The molecule has 1 rings (SSSR count). The Hall–Kier alpha value is -0.840. The normalized spacial score (nSPS) is 19.8. The lowest BCUT2D eigenvalue weighted by Crippen LogP contribution is -2.27. The van der Waals surface area contributed by atoms with Crippen molar-refractivity contribution in [2.24, 2.45) is 4.99 Å². The van der Waals surface area contributed by atoms with Crippen LogP contribution in [-0.4, -0.2) is 22.2 Å². The molecule has 1 aliphatic rings. The van der Waals surface area contributed by atoms with Crippen molar-refractivity contribution < 1.29 is 9.59 Å². The predicted molar refractivity (Wildman–Crippen MR) is 66.4 cm³/mol. The molecule has 1 atom stereocenters. The van der Waals surface area contributed by atoms with Gasteiger partial charge in [0.25, 0.3) is 5.91 Å². The van der Waals surface area contributed by atoms with E-state index in [1.807, 2.05) is 13.8 Å². The molecule has 1 N–H and O–H groups in total. The fourth-order valence-corrected chi connectivity index (χ4v) is 2.50. The third kappa shape index (κ3) is 3.96. The number of carbonyl (C=O) groups excluding carboxylic acids is 2. The summed E-state index contributed by atoms with van der Waals surface area (Å²) in [4.78, 5) is 26.7. The summed E-state index contributed by atoms with van der Waals surface area (Å²) in [5, 5.41) is 3.07. The Labute approximate surface area is 100 Å². The fraction of sp³-hybridized carbons (Fsp3) is 0.727. The van der Waals surface area contributed by atoms with Crippen LogP contribution >= 0.6 is 11.8 Å². The van der Waals surface area contributed by atoms with Crippen LogP contribution in [0.2, 0.25) is 0 Å². The molecule has 0 saturated carbocycles. The Bertz CT molecular complexity index is 302. The number of hydrogen-bond acceptors (Lipinski definition) is 3. The van der Waals surface area contributed by atoms with Gasteiger partial charge in [-0.05, 0) is 12.8 Å². The lowest BCUT2D eigenvalue weighted by Gasteiger charge is -2.05. The summed E-state index contributed by atoms with van der Waals surface area (Å²) in [6.07, 6.45) is 4.14. The number of aliphatic imine (C=N–C) groups is 1. The van der Waals surface area contributed by atoms with E-state index in [1.54, 1.807) is 0 Å². The topological polar surface area (TPSA) is 58.5 Å². The van der Waals surface area contributed by atoms with Crippen LogP contribution in [-0.2, 0) is 9.59 Å². The second-order valence-electron chi connectivity index (χ2n) is 3.80. The van der Waals surface area contributed by atoms with Gasteiger partial charge in [0.2, 0.25) is 5.91 Å². The van der Waals surface area contributed by atoms with Gasteiger partial charge in [-0.3, -0.25) is 9.59 Å². The number of carbonyl (C=O) groups is 2. The molecule has 16 heavy (non-hydrogen) atoms. The average molecular weight is 242 g/mol. The molecule has 0 aliphatic carbocycles. The first-order valence-corrected chi connectivity index (χ1v) is 6.64. The Morgan fingerprint density at radius 2 is 2.19 bits per heavy atom. The molecule has 5 heteroatoms. The maximum atomic E-state index is 11.4. The quantitative estimate of drug-likeness (QED) is 0.803. The Kier molecular flexibility index (Phi) is 5.52. The van der Waals surface area contributed by atoms with Crippen molar-refractivity contribution in [1.82, 2.24) is 5.32 Å². The standard InChI is InChI=1S/C11H18N2O2S/c1-3-5-7-9(14)12-11-13-10(15)8(16-11)6-4-2/h8H,3-7H2,1-2H3,(H,12,13,14,15). The van der Waals surface area contributed by atoms with Crippen molar-refractivity contribution in [3.05, 3.63) is 0 Å². The van der Waals surface area contributed by atoms with Crippen molar-refractivity contribution in [2.75, 3.05) is 0 Å². The summed E-state index contributed by atoms with van der Waals surface area (Å²) in [5.74, 6) is -0.157. The van der Waals surface area contributed by atoms with Gasteiger partial charge in [0.15, 0.2) is 5.17 Å². The van der Waals surface area contributed by atoms with Crippen LogP contribution in [0.25, 0.3) is 0 Å². The smallest absolute Gasteiger partial charge is 0.261 e. The van der Waals surface area contributed by atoms with E-state index in [-0.39, 0.29) is 17.1 Å². The van der Waals surface area contributed by atoms with Crippen molar-refractivity contribution >= 4 is 28.7 Å². The summed E-state index contributed by atoms with van der Waals surface area (Å²) in [6, 6.07) is 0. The minimum Gasteiger partial charge on any atom is -0.305 e. The number of nitrogens with zero attached hydrogens (tertiary/aromatic N) is 1. The summed E-state index contributed by atoms with van der Waals surface area (Å²) in [5.41, 5.74) is 0. The summed E-state index contributed by atoms with van der Waals surface area (Å²) >= 11 is 1.37. The highest BCUT2D eigenvalue weighted by molar-refractivity contribution is 8.15. The number of amidine groups is 1. The van der Waals surface area contributed by atoms with Gasteiger partial charge < -0.3 is 5.32 Å². The van der Waals surface area contributed by atoms with Crippen LogP contribution in [0.15, 0.2) is 4.99 Å². The van der Waals surface area contributed by atoms with Crippen LogP contribution in [0, 0.1) is 0 Å². The molecule has 0 aromatic heterocycles. The number of hydrogen-bond donors (Lipinski definition) is 1. The zero-order chi connectivity index (χ0) is 12.0. The number of rotatable bonds is 5. The largest absolute Gasteiger partial charge is 0.305 e. The third-order valence-corrected chi connectivity index (χ3v) is 3.43. The van der Waals surface area contributed by atoms with Crippen molar-refractivity contribution in [2.45, 2.75) is 51.2 Å². The molecule has 2 amide bonds. The van der Waals surface area contributed by atoms with Gasteiger partial charge in [0.1, 0.15) is 0 Å². The second kappa shape index (κ2) is 6.68. The molecule has 0 radical (unpaired) electrons. The van der Waals surface area contributed by atoms with Crippen LogP contribution < -0.4 is 5.32 Å². The van der Waals surface area contributed by atoms with Gasteiger partial charge in [-0.1, -0.05) is 38.5 Å². The molecule has 0 aromatic rings. The van der Waals surface area contributed by atoms with Crippen molar-refractivity contribution in [3.8, 4) is 0 Å². The SMILES string of the molecule is CCCCC(=O)NC1=NC(=O)C(CCC)S1. The van der Waals surface area contributed by atoms with Gasteiger partial charge in [0.05, 0.1) is 5.25 Å². The fourth-order valence-electron chi connectivity index (χ4n) is 1.40. The molecule has 0 saturated heterocycles. The number of nitrogens with one attached hydrogen (secondary N) is 1. The third-order valence-electron chi connectivity index (χ3n) is 2.30. The maximum Gasteiger partial charge on any atom is 0.261 e. The van der Waals surface area contributed by atoms with Gasteiger partial charge in [0, 0.05) is 6.42 Å². The summed E-state index contributed by atoms with van der Waals surface area (Å²) in [6.45, 7) is 4.07. The van der Waals surface area contributed by atoms with Gasteiger partial charge in [-0.15, -0.1) is 0 Å². The minimum atomic E-state index is -0.113. The molecule has 1 unspecified atom stereocenters. The van der Waals surface area contributed by atoms with E-state index in [4.69, 9.17) is 0 Å². The van der Waals surface area contributed by atoms with Crippen LogP contribution in [0.5, 0.6) is 0 Å². The highest BCUT2D eigenvalue weighted by Crippen LogP contribution is 2.24. The van der Waals surface area contributed by atoms with Crippen LogP contribution in [0.4, 0.5) is 0 Å². The Morgan fingerprint density at radius 3 is 2.81 bits per heavy atom. The molecule has 4 nitrogen and oxygen atoms in total. The summed E-state index contributed by atoms with van der Waals surface area (Å²) in [7, 11) is 0. The van der Waals surface area contributed by atoms with Crippen molar-refractivity contribution in [1.29, 1.82) is 0 Å². The van der Waals surface area contributed by atoms with E-state index in [1.165, 1.54) is 11.8 Å². The lowest BCUT2D eigenvalue weighted by molar-refractivity contribution is -0.119. The van der Waals surface area contributed by atoms with E-state index in [0.29, 0.717) is 11.6 Å². The van der Waals surface area contributed by atoms with E-state index in [0.717, 1.165) is 25.7 Å². The highest BCUT2D eigenvalue weighted by Gasteiger charge is 2.28.